The van der Waals surface area contributed by atoms with Gasteiger partial charge in [-0.3, -0.25) is 0 Å². The van der Waals surface area contributed by atoms with Crippen molar-refractivity contribution in [1.82, 2.24) is 14.5 Å². The molecular formula is C11H12N4O2. The van der Waals surface area contributed by atoms with E-state index in [4.69, 9.17) is 10.5 Å². The number of aromatic nitrogens is 3. The van der Waals surface area contributed by atoms with Crippen LogP contribution in [0.15, 0.2) is 30.7 Å². The van der Waals surface area contributed by atoms with Crippen LogP contribution < -0.4 is 5.73 Å². The van der Waals surface area contributed by atoms with E-state index in [1.165, 1.54) is 0 Å². The first-order chi connectivity index (χ1) is 8.16. The van der Waals surface area contributed by atoms with E-state index in [2.05, 4.69) is 9.97 Å². The van der Waals surface area contributed by atoms with Crippen molar-refractivity contribution in [3.8, 4) is 0 Å². The van der Waals surface area contributed by atoms with Crippen LogP contribution in [0.5, 0.6) is 0 Å². The Morgan fingerprint density at radius 2 is 2.18 bits per heavy atom. The number of carbonyl (C=O) groups is 1. The molecule has 2 rings (SSSR count). The molecule has 2 aromatic heterocycles. The number of anilines is 1. The largest absolute Gasteiger partial charge is 0.453 e. The molecule has 0 fully saturated rings. The van der Waals surface area contributed by atoms with Crippen molar-refractivity contribution >= 4 is 11.7 Å². The Kier molecular flexibility index (Phi) is 3.04. The average molecular weight is 232 g/mol. The van der Waals surface area contributed by atoms with Gasteiger partial charge >= 0.3 is 5.97 Å². The van der Waals surface area contributed by atoms with Crippen LogP contribution in [0.25, 0.3) is 0 Å². The Hall–Kier alpha value is -2.37. The number of esters is 1. The summed E-state index contributed by atoms with van der Waals surface area (Å²) >= 11 is 0. The van der Waals surface area contributed by atoms with Gasteiger partial charge in [0, 0.05) is 25.6 Å². The smallest absolute Gasteiger partial charge is 0.355 e. The molecule has 0 unspecified atom stereocenters. The third-order valence-electron chi connectivity index (χ3n) is 2.19. The van der Waals surface area contributed by atoms with Crippen LogP contribution in [0.1, 0.15) is 16.3 Å². The van der Waals surface area contributed by atoms with Crippen molar-refractivity contribution in [3.05, 3.63) is 42.2 Å². The fourth-order valence-corrected chi connectivity index (χ4v) is 1.40. The minimum Gasteiger partial charge on any atom is -0.453 e. The van der Waals surface area contributed by atoms with E-state index in [1.54, 1.807) is 42.3 Å². The molecule has 88 valence electrons. The minimum absolute atomic E-state index is 0.0464. The second-order valence-electron chi connectivity index (χ2n) is 3.51. The predicted octanol–water partition coefficient (Wildman–Crippen LogP) is 0.754. The zero-order valence-electron chi connectivity index (χ0n) is 9.33. The zero-order valence-corrected chi connectivity index (χ0v) is 9.33. The summed E-state index contributed by atoms with van der Waals surface area (Å²) in [6, 6.07) is 3.26. The molecule has 0 saturated heterocycles. The summed E-state index contributed by atoms with van der Waals surface area (Å²) < 4.78 is 6.68. The van der Waals surface area contributed by atoms with Gasteiger partial charge in [0.25, 0.3) is 0 Å². The van der Waals surface area contributed by atoms with Crippen molar-refractivity contribution in [3.63, 3.8) is 0 Å². The normalized spacial score (nSPS) is 10.2. The topological polar surface area (TPSA) is 83.0 Å². The molecule has 6 heteroatoms. The van der Waals surface area contributed by atoms with Crippen LogP contribution >= 0.6 is 0 Å². The summed E-state index contributed by atoms with van der Waals surface area (Å²) in [5.74, 6) is 0.0136. The highest BCUT2D eigenvalue weighted by Crippen LogP contribution is 2.10. The third kappa shape index (κ3) is 2.60. The number of hydrogen-bond donors (Lipinski definition) is 1. The van der Waals surface area contributed by atoms with Crippen molar-refractivity contribution in [2.75, 3.05) is 5.73 Å². The van der Waals surface area contributed by atoms with Gasteiger partial charge in [0.15, 0.2) is 12.4 Å². The highest BCUT2D eigenvalue weighted by Gasteiger charge is 2.12. The van der Waals surface area contributed by atoms with Crippen LogP contribution in [0.4, 0.5) is 5.69 Å². The van der Waals surface area contributed by atoms with E-state index in [0.717, 1.165) is 0 Å². The lowest BCUT2D eigenvalue weighted by Gasteiger charge is -2.04. The molecule has 0 spiro atoms. The number of hydrogen-bond acceptors (Lipinski definition) is 5. The Bertz CT molecular complexity index is 522. The molecule has 0 atom stereocenters. The summed E-state index contributed by atoms with van der Waals surface area (Å²) in [5.41, 5.74) is 6.50. The summed E-state index contributed by atoms with van der Waals surface area (Å²) in [4.78, 5) is 19.6. The van der Waals surface area contributed by atoms with Gasteiger partial charge in [-0.25, -0.2) is 14.8 Å². The highest BCUT2D eigenvalue weighted by molar-refractivity contribution is 5.88. The fraction of sp³-hybridized carbons (Fsp3) is 0.182. The Morgan fingerprint density at radius 1 is 1.47 bits per heavy atom. The lowest BCUT2D eigenvalue weighted by atomic mass is 10.4. The third-order valence-corrected chi connectivity index (χ3v) is 2.19. The molecule has 0 aliphatic carbocycles. The van der Waals surface area contributed by atoms with Crippen LogP contribution in [0.3, 0.4) is 0 Å². The second kappa shape index (κ2) is 4.65. The van der Waals surface area contributed by atoms with E-state index >= 15 is 0 Å². The van der Waals surface area contributed by atoms with Gasteiger partial charge in [0.05, 0.1) is 5.69 Å². The molecule has 2 aromatic rings. The molecule has 6 nitrogen and oxygen atoms in total. The Morgan fingerprint density at radius 3 is 2.76 bits per heavy atom. The molecule has 2 N–H and O–H groups in total. The van der Waals surface area contributed by atoms with Crippen LogP contribution in [-0.4, -0.2) is 20.5 Å². The summed E-state index contributed by atoms with van der Waals surface area (Å²) in [5, 5.41) is 0. The minimum atomic E-state index is -0.448. The van der Waals surface area contributed by atoms with Crippen LogP contribution in [0, 0.1) is 0 Å². The quantitative estimate of drug-likeness (QED) is 0.790. The predicted molar refractivity (Wildman–Crippen MR) is 61.0 cm³/mol. The van der Waals surface area contributed by atoms with Gasteiger partial charge in [-0.2, -0.15) is 0 Å². The van der Waals surface area contributed by atoms with Crippen molar-refractivity contribution < 1.29 is 9.53 Å². The van der Waals surface area contributed by atoms with Gasteiger partial charge in [-0.15, -0.1) is 0 Å². The zero-order chi connectivity index (χ0) is 12.3. The van der Waals surface area contributed by atoms with Crippen molar-refractivity contribution in [2.45, 2.75) is 6.61 Å². The maximum Gasteiger partial charge on any atom is 0.355 e. The lowest BCUT2D eigenvalue weighted by Crippen LogP contribution is -2.10. The molecule has 0 radical (unpaired) electrons. The van der Waals surface area contributed by atoms with E-state index < -0.39 is 5.97 Å². The molecule has 17 heavy (non-hydrogen) atoms. The number of ether oxygens (including phenoxy) is 1. The molecule has 0 bridgehead atoms. The highest BCUT2D eigenvalue weighted by atomic mass is 16.5. The maximum atomic E-state index is 11.7. The van der Waals surface area contributed by atoms with Gasteiger partial charge in [-0.05, 0) is 12.1 Å². The molecule has 0 amide bonds. The van der Waals surface area contributed by atoms with E-state index in [1.807, 2.05) is 0 Å². The molecule has 0 aliphatic heterocycles. The average Bonchev–Trinajstić information content (AvgIpc) is 2.67. The number of nitrogen functional groups attached to an aromatic ring is 1. The van der Waals surface area contributed by atoms with E-state index in [-0.39, 0.29) is 6.61 Å². The van der Waals surface area contributed by atoms with Crippen LogP contribution in [-0.2, 0) is 18.4 Å². The second-order valence-corrected chi connectivity index (χ2v) is 3.51. The summed E-state index contributed by atoms with van der Waals surface area (Å²) in [6.45, 7) is 0.0464. The number of nitrogens with zero attached hydrogens (tertiary/aromatic N) is 3. The van der Waals surface area contributed by atoms with Crippen molar-refractivity contribution in [2.24, 2.45) is 7.05 Å². The van der Waals surface area contributed by atoms with Gasteiger partial charge in [0.1, 0.15) is 5.69 Å². The first kappa shape index (κ1) is 11.1. The van der Waals surface area contributed by atoms with Gasteiger partial charge in [0.2, 0.25) is 0 Å². The summed E-state index contributed by atoms with van der Waals surface area (Å²) in [7, 11) is 1.73. The van der Waals surface area contributed by atoms with E-state index in [9.17, 15) is 4.79 Å². The Labute approximate surface area is 98.1 Å². The summed E-state index contributed by atoms with van der Waals surface area (Å²) in [6.07, 6.45) is 4.84. The first-order valence-electron chi connectivity index (χ1n) is 5.01. The number of nitrogens with two attached hydrogens (primary N) is 1. The molecule has 0 aliphatic rings. The fourth-order valence-electron chi connectivity index (χ4n) is 1.40. The standard InChI is InChI=1S/C11H12N4O2/c1-15-6-8(12)5-9(15)11(16)17-7-10-13-3-2-4-14-10/h2-6H,7,12H2,1H3. The van der Waals surface area contributed by atoms with Gasteiger partial charge < -0.3 is 15.0 Å². The monoisotopic (exact) mass is 232 g/mol. The molecular weight excluding hydrogens is 220 g/mol. The van der Waals surface area contributed by atoms with Gasteiger partial charge in [-0.1, -0.05) is 0 Å². The van der Waals surface area contributed by atoms with Crippen molar-refractivity contribution in [1.29, 1.82) is 0 Å². The maximum absolute atomic E-state index is 11.7. The lowest BCUT2D eigenvalue weighted by molar-refractivity contribution is 0.0451. The van der Waals surface area contributed by atoms with E-state index in [0.29, 0.717) is 17.2 Å². The molecule has 0 aromatic carbocycles. The molecule has 0 saturated carbocycles. The number of rotatable bonds is 3. The first-order valence-corrected chi connectivity index (χ1v) is 5.01. The Balaban J connectivity index is 2.01. The number of carbonyl (C=O) groups excluding carboxylic acids is 1. The SMILES string of the molecule is Cn1cc(N)cc1C(=O)OCc1ncccn1. The molecule has 2 heterocycles. The number of aryl methyl sites for hydroxylation is 1. The van der Waals surface area contributed by atoms with Crippen LogP contribution in [0.2, 0.25) is 0 Å².